The van der Waals surface area contributed by atoms with E-state index in [2.05, 4.69) is 12.2 Å². The van der Waals surface area contributed by atoms with Crippen LogP contribution in [-0.4, -0.2) is 36.9 Å². The molecule has 4 fully saturated rings. The first-order valence-electron chi connectivity index (χ1n) is 9.12. The molecule has 0 saturated heterocycles. The number of likely N-dealkylation sites (N-methyl/N-ethyl adjacent to an activating group) is 2. The van der Waals surface area contributed by atoms with E-state index in [0.717, 1.165) is 17.8 Å². The summed E-state index contributed by atoms with van der Waals surface area (Å²) in [5.41, 5.74) is 1.53. The van der Waals surface area contributed by atoms with Gasteiger partial charge < -0.3 is 10.2 Å². The van der Waals surface area contributed by atoms with Crippen molar-refractivity contribution in [3.05, 3.63) is 11.6 Å². The standard InChI is InChI=1S/C19H30N2O2/c1-4-20-17(22)12-21(3)18(23)5-13(2)19-9-14-6-15(10-19)8-16(7-14)11-19/h5,14-16H,4,6-12H2,1-3H3,(H,20,22)/b13-5+. The van der Waals surface area contributed by atoms with Crippen molar-refractivity contribution in [2.24, 2.45) is 23.2 Å². The van der Waals surface area contributed by atoms with E-state index in [1.807, 2.05) is 13.0 Å². The van der Waals surface area contributed by atoms with Gasteiger partial charge in [-0.05, 0) is 75.5 Å². The molecule has 23 heavy (non-hydrogen) atoms. The molecule has 2 amide bonds. The molecule has 4 aliphatic carbocycles. The summed E-state index contributed by atoms with van der Waals surface area (Å²) < 4.78 is 0. The molecular weight excluding hydrogens is 288 g/mol. The van der Waals surface area contributed by atoms with Crippen LogP contribution in [0.4, 0.5) is 0 Å². The van der Waals surface area contributed by atoms with Crippen LogP contribution in [0.2, 0.25) is 0 Å². The van der Waals surface area contributed by atoms with Crippen molar-refractivity contribution >= 4 is 11.8 Å². The summed E-state index contributed by atoms with van der Waals surface area (Å²) in [6, 6.07) is 0. The molecule has 4 nitrogen and oxygen atoms in total. The summed E-state index contributed by atoms with van der Waals surface area (Å²) >= 11 is 0. The first kappa shape index (κ1) is 16.5. The first-order valence-corrected chi connectivity index (χ1v) is 9.12. The lowest BCUT2D eigenvalue weighted by molar-refractivity contribution is -0.131. The highest BCUT2D eigenvalue weighted by Gasteiger charge is 2.51. The summed E-state index contributed by atoms with van der Waals surface area (Å²) in [5, 5.41) is 2.74. The number of hydrogen-bond donors (Lipinski definition) is 1. The van der Waals surface area contributed by atoms with Gasteiger partial charge in [-0.25, -0.2) is 0 Å². The number of hydrogen-bond acceptors (Lipinski definition) is 2. The molecular formula is C19H30N2O2. The van der Waals surface area contributed by atoms with E-state index in [0.29, 0.717) is 6.54 Å². The van der Waals surface area contributed by atoms with Crippen LogP contribution in [0.15, 0.2) is 11.6 Å². The Kier molecular flexibility index (Phi) is 4.52. The van der Waals surface area contributed by atoms with Gasteiger partial charge in [0, 0.05) is 19.7 Å². The highest BCUT2D eigenvalue weighted by molar-refractivity contribution is 5.91. The van der Waals surface area contributed by atoms with Crippen molar-refractivity contribution in [2.75, 3.05) is 20.1 Å². The SMILES string of the molecule is CCNC(=O)CN(C)C(=O)/C=C(\C)C12CC3CC(CC(C3)C1)C2. The number of rotatable bonds is 5. The second-order valence-corrected chi connectivity index (χ2v) is 8.17. The Balaban J connectivity index is 1.67. The fourth-order valence-corrected chi connectivity index (χ4v) is 5.59. The summed E-state index contributed by atoms with van der Waals surface area (Å²) in [6.07, 6.45) is 9.87. The highest BCUT2D eigenvalue weighted by atomic mass is 16.2. The van der Waals surface area contributed by atoms with Crippen molar-refractivity contribution in [1.29, 1.82) is 0 Å². The van der Waals surface area contributed by atoms with Crippen molar-refractivity contribution in [2.45, 2.75) is 52.4 Å². The lowest BCUT2D eigenvalue weighted by Crippen LogP contribution is -2.47. The molecule has 4 rings (SSSR count). The zero-order valence-corrected chi connectivity index (χ0v) is 14.7. The maximum Gasteiger partial charge on any atom is 0.246 e. The van der Waals surface area contributed by atoms with Crippen LogP contribution in [0.5, 0.6) is 0 Å². The van der Waals surface area contributed by atoms with Gasteiger partial charge >= 0.3 is 0 Å². The predicted molar refractivity (Wildman–Crippen MR) is 90.7 cm³/mol. The number of nitrogens with one attached hydrogen (secondary N) is 1. The minimum Gasteiger partial charge on any atom is -0.355 e. The van der Waals surface area contributed by atoms with Gasteiger partial charge in [-0.2, -0.15) is 0 Å². The van der Waals surface area contributed by atoms with Gasteiger partial charge in [0.05, 0.1) is 6.54 Å². The lowest BCUT2D eigenvalue weighted by atomic mass is 9.48. The average Bonchev–Trinajstić information content (AvgIpc) is 2.45. The predicted octanol–water partition coefficient (Wildman–Crippen LogP) is 2.74. The normalized spacial score (nSPS) is 35.3. The summed E-state index contributed by atoms with van der Waals surface area (Å²) in [5.74, 6) is 2.52. The summed E-state index contributed by atoms with van der Waals surface area (Å²) in [6.45, 7) is 4.77. The number of allylic oxidation sites excluding steroid dienone is 1. The van der Waals surface area contributed by atoms with E-state index in [9.17, 15) is 9.59 Å². The van der Waals surface area contributed by atoms with Crippen LogP contribution < -0.4 is 5.32 Å². The van der Waals surface area contributed by atoms with Crippen molar-refractivity contribution < 1.29 is 9.59 Å². The molecule has 0 aliphatic heterocycles. The van der Waals surface area contributed by atoms with E-state index >= 15 is 0 Å². The molecule has 0 unspecified atom stereocenters. The third-order valence-corrected chi connectivity index (χ3v) is 6.35. The Morgan fingerprint density at radius 2 is 1.65 bits per heavy atom. The van der Waals surface area contributed by atoms with Gasteiger partial charge in [0.1, 0.15) is 0 Å². The second kappa shape index (κ2) is 6.29. The van der Waals surface area contributed by atoms with Crippen LogP contribution >= 0.6 is 0 Å². The molecule has 0 aromatic heterocycles. The van der Waals surface area contributed by atoms with Crippen molar-refractivity contribution in [3.8, 4) is 0 Å². The van der Waals surface area contributed by atoms with Crippen LogP contribution in [-0.2, 0) is 9.59 Å². The molecule has 128 valence electrons. The maximum atomic E-state index is 12.5. The van der Waals surface area contributed by atoms with Gasteiger partial charge in [0.2, 0.25) is 11.8 Å². The Hall–Kier alpha value is -1.32. The maximum absolute atomic E-state index is 12.5. The average molecular weight is 318 g/mol. The minimum atomic E-state index is -0.0933. The van der Waals surface area contributed by atoms with Crippen molar-refractivity contribution in [3.63, 3.8) is 0 Å². The van der Waals surface area contributed by atoms with Gasteiger partial charge in [0.25, 0.3) is 0 Å². The molecule has 0 atom stereocenters. The zero-order valence-electron chi connectivity index (χ0n) is 14.7. The van der Waals surface area contributed by atoms with E-state index in [1.165, 1.54) is 49.0 Å². The zero-order chi connectivity index (χ0) is 16.6. The highest BCUT2D eigenvalue weighted by Crippen LogP contribution is 2.62. The smallest absolute Gasteiger partial charge is 0.246 e. The molecule has 4 bridgehead atoms. The molecule has 0 radical (unpaired) electrons. The Morgan fingerprint density at radius 1 is 1.13 bits per heavy atom. The summed E-state index contributed by atoms with van der Waals surface area (Å²) in [7, 11) is 1.71. The number of amides is 2. The van der Waals surface area contributed by atoms with E-state index in [4.69, 9.17) is 0 Å². The Labute approximate surface area is 139 Å². The third-order valence-electron chi connectivity index (χ3n) is 6.35. The molecule has 1 N–H and O–H groups in total. The first-order chi connectivity index (χ1) is 10.9. The summed E-state index contributed by atoms with van der Waals surface area (Å²) in [4.78, 5) is 25.6. The van der Waals surface area contributed by atoms with Crippen molar-refractivity contribution in [1.82, 2.24) is 10.2 Å². The van der Waals surface area contributed by atoms with E-state index in [1.54, 1.807) is 7.05 Å². The molecule has 0 aromatic carbocycles. The molecule has 0 aromatic rings. The fourth-order valence-electron chi connectivity index (χ4n) is 5.59. The largest absolute Gasteiger partial charge is 0.355 e. The molecule has 4 heteroatoms. The van der Waals surface area contributed by atoms with E-state index < -0.39 is 0 Å². The Morgan fingerprint density at radius 3 is 2.13 bits per heavy atom. The van der Waals surface area contributed by atoms with Crippen LogP contribution in [0, 0.1) is 23.2 Å². The van der Waals surface area contributed by atoms with Crippen LogP contribution in [0.25, 0.3) is 0 Å². The lowest BCUT2D eigenvalue weighted by Gasteiger charge is -2.57. The topological polar surface area (TPSA) is 49.4 Å². The fraction of sp³-hybridized carbons (Fsp3) is 0.789. The van der Waals surface area contributed by atoms with Gasteiger partial charge in [-0.1, -0.05) is 5.57 Å². The van der Waals surface area contributed by atoms with Crippen LogP contribution in [0.1, 0.15) is 52.4 Å². The molecule has 4 saturated carbocycles. The third kappa shape index (κ3) is 3.31. The number of nitrogens with zero attached hydrogens (tertiary/aromatic N) is 1. The molecule has 0 spiro atoms. The molecule has 4 aliphatic rings. The minimum absolute atomic E-state index is 0.0375. The second-order valence-electron chi connectivity index (χ2n) is 8.17. The van der Waals surface area contributed by atoms with Gasteiger partial charge in [0.15, 0.2) is 0 Å². The van der Waals surface area contributed by atoms with Crippen LogP contribution in [0.3, 0.4) is 0 Å². The van der Waals surface area contributed by atoms with Gasteiger partial charge in [-0.3, -0.25) is 9.59 Å². The number of carbonyl (C=O) groups excluding carboxylic acids is 2. The number of carbonyl (C=O) groups is 2. The molecule has 0 heterocycles. The Bertz CT molecular complexity index is 488. The van der Waals surface area contributed by atoms with E-state index in [-0.39, 0.29) is 23.8 Å². The quantitative estimate of drug-likeness (QED) is 0.792. The van der Waals surface area contributed by atoms with Gasteiger partial charge in [-0.15, -0.1) is 0 Å². The monoisotopic (exact) mass is 318 g/mol.